The van der Waals surface area contributed by atoms with Crippen molar-refractivity contribution in [1.29, 1.82) is 0 Å². The minimum absolute atomic E-state index is 0.323. The zero-order valence-electron chi connectivity index (χ0n) is 10.2. The van der Waals surface area contributed by atoms with E-state index in [0.717, 1.165) is 19.3 Å². The Bertz CT molecular complexity index is 414. The lowest BCUT2D eigenvalue weighted by atomic mass is 9.95. The average molecular weight is 235 g/mol. The van der Waals surface area contributed by atoms with Gasteiger partial charge in [-0.05, 0) is 39.0 Å². The van der Waals surface area contributed by atoms with Gasteiger partial charge < -0.3 is 9.26 Å². The molecule has 0 saturated carbocycles. The van der Waals surface area contributed by atoms with E-state index in [1.165, 1.54) is 0 Å². The largest absolute Gasteiger partial charge is 0.462 e. The third kappa shape index (κ3) is 2.75. The summed E-state index contributed by atoms with van der Waals surface area (Å²) in [4.78, 5) is 11.8. The van der Waals surface area contributed by atoms with E-state index in [2.05, 4.69) is 17.3 Å². The second-order valence-electron chi connectivity index (χ2n) is 4.45. The van der Waals surface area contributed by atoms with Crippen LogP contribution in [0.4, 0.5) is 0 Å². The van der Waals surface area contributed by atoms with Gasteiger partial charge in [0, 0.05) is 0 Å². The van der Waals surface area contributed by atoms with Crippen LogP contribution in [0.3, 0.4) is 0 Å². The van der Waals surface area contributed by atoms with Gasteiger partial charge in [0.2, 0.25) is 0 Å². The Morgan fingerprint density at radius 1 is 1.53 bits per heavy atom. The van der Waals surface area contributed by atoms with E-state index in [9.17, 15) is 4.79 Å². The van der Waals surface area contributed by atoms with Crippen LogP contribution in [0, 0.1) is 19.8 Å². The van der Waals surface area contributed by atoms with Crippen LogP contribution < -0.4 is 0 Å². The Balaban J connectivity index is 1.91. The number of aryl methyl sites for hydroxylation is 2. The fraction of sp³-hybridized carbons (Fsp3) is 0.538. The molecule has 4 nitrogen and oxygen atoms in total. The fourth-order valence-electron chi connectivity index (χ4n) is 2.05. The molecule has 0 aromatic carbocycles. The molecule has 1 aromatic rings. The topological polar surface area (TPSA) is 52.3 Å². The van der Waals surface area contributed by atoms with E-state index in [0.29, 0.717) is 29.5 Å². The molecule has 17 heavy (non-hydrogen) atoms. The molecular weight excluding hydrogens is 218 g/mol. The van der Waals surface area contributed by atoms with Crippen LogP contribution in [0.1, 0.15) is 41.1 Å². The van der Waals surface area contributed by atoms with Crippen molar-refractivity contribution >= 4 is 5.97 Å². The monoisotopic (exact) mass is 235 g/mol. The molecule has 1 aromatic heterocycles. The third-order valence-corrected chi connectivity index (χ3v) is 3.07. The number of carbonyl (C=O) groups excluding carboxylic acids is 1. The molecule has 0 bridgehead atoms. The zero-order chi connectivity index (χ0) is 12.3. The summed E-state index contributed by atoms with van der Waals surface area (Å²) in [5.41, 5.74) is 1.06. The minimum Gasteiger partial charge on any atom is -0.462 e. The molecule has 92 valence electrons. The smallest absolute Gasteiger partial charge is 0.343 e. The molecule has 1 unspecified atom stereocenters. The van der Waals surface area contributed by atoms with Gasteiger partial charge in [0.1, 0.15) is 11.3 Å². The molecule has 0 amide bonds. The fourth-order valence-corrected chi connectivity index (χ4v) is 2.05. The lowest BCUT2D eigenvalue weighted by Gasteiger charge is -2.17. The summed E-state index contributed by atoms with van der Waals surface area (Å²) in [6.45, 7) is 3.95. The summed E-state index contributed by atoms with van der Waals surface area (Å²) in [6, 6.07) is 0. The van der Waals surface area contributed by atoms with Crippen LogP contribution in [-0.4, -0.2) is 17.7 Å². The van der Waals surface area contributed by atoms with Crippen LogP contribution in [0.2, 0.25) is 0 Å². The van der Waals surface area contributed by atoms with Crippen molar-refractivity contribution in [3.63, 3.8) is 0 Å². The first kappa shape index (κ1) is 11.9. The van der Waals surface area contributed by atoms with Crippen molar-refractivity contribution in [1.82, 2.24) is 5.16 Å². The van der Waals surface area contributed by atoms with Crippen LogP contribution in [0.15, 0.2) is 16.7 Å². The lowest BCUT2D eigenvalue weighted by Crippen LogP contribution is -2.16. The summed E-state index contributed by atoms with van der Waals surface area (Å²) in [5, 5.41) is 3.74. The van der Waals surface area contributed by atoms with E-state index < -0.39 is 0 Å². The molecule has 0 N–H and O–H groups in total. The van der Waals surface area contributed by atoms with Crippen molar-refractivity contribution in [3.05, 3.63) is 29.2 Å². The number of allylic oxidation sites excluding steroid dienone is 2. The second-order valence-corrected chi connectivity index (χ2v) is 4.45. The lowest BCUT2D eigenvalue weighted by molar-refractivity contribution is 0.0429. The van der Waals surface area contributed by atoms with Gasteiger partial charge in [-0.2, -0.15) is 0 Å². The first-order valence-electron chi connectivity index (χ1n) is 5.93. The molecule has 2 rings (SSSR count). The minimum atomic E-state index is -0.323. The maximum Gasteiger partial charge on any atom is 0.343 e. The van der Waals surface area contributed by atoms with Gasteiger partial charge in [-0.25, -0.2) is 4.79 Å². The number of hydrogen-bond acceptors (Lipinski definition) is 4. The molecule has 0 aliphatic heterocycles. The standard InChI is InChI=1S/C13H17NO3/c1-9-12(10(2)17-14-9)13(15)16-8-11-6-4-3-5-7-11/h3-4,11H,5-8H2,1-2H3. The van der Waals surface area contributed by atoms with Crippen molar-refractivity contribution in [2.75, 3.05) is 6.61 Å². The molecule has 0 fully saturated rings. The Hall–Kier alpha value is -1.58. The highest BCUT2D eigenvalue weighted by molar-refractivity contribution is 5.91. The first-order chi connectivity index (χ1) is 8.18. The normalized spacial score (nSPS) is 19.3. The molecule has 1 aliphatic carbocycles. The van der Waals surface area contributed by atoms with Gasteiger partial charge in [-0.1, -0.05) is 17.3 Å². The maximum absolute atomic E-state index is 11.8. The Labute approximate surface area is 101 Å². The quantitative estimate of drug-likeness (QED) is 0.597. The van der Waals surface area contributed by atoms with Gasteiger partial charge in [0.25, 0.3) is 0 Å². The highest BCUT2D eigenvalue weighted by Gasteiger charge is 2.20. The van der Waals surface area contributed by atoms with Crippen LogP contribution >= 0.6 is 0 Å². The van der Waals surface area contributed by atoms with Gasteiger partial charge in [0.05, 0.1) is 12.3 Å². The molecule has 1 heterocycles. The van der Waals surface area contributed by atoms with Gasteiger partial charge in [0.15, 0.2) is 0 Å². The van der Waals surface area contributed by atoms with E-state index in [4.69, 9.17) is 9.26 Å². The predicted molar refractivity (Wildman–Crippen MR) is 62.7 cm³/mol. The number of carbonyl (C=O) groups is 1. The highest BCUT2D eigenvalue weighted by atomic mass is 16.5. The van der Waals surface area contributed by atoms with E-state index in [-0.39, 0.29) is 5.97 Å². The molecule has 1 aliphatic rings. The van der Waals surface area contributed by atoms with Crippen molar-refractivity contribution in [2.24, 2.45) is 5.92 Å². The van der Waals surface area contributed by atoms with Crippen molar-refractivity contribution in [2.45, 2.75) is 33.1 Å². The average Bonchev–Trinajstić information content (AvgIpc) is 2.67. The molecule has 4 heteroatoms. The Morgan fingerprint density at radius 3 is 2.94 bits per heavy atom. The molecule has 1 atom stereocenters. The van der Waals surface area contributed by atoms with Crippen LogP contribution in [-0.2, 0) is 4.74 Å². The zero-order valence-corrected chi connectivity index (χ0v) is 10.2. The number of esters is 1. The van der Waals surface area contributed by atoms with Gasteiger partial charge in [-0.3, -0.25) is 0 Å². The summed E-state index contributed by atoms with van der Waals surface area (Å²) < 4.78 is 10.3. The summed E-state index contributed by atoms with van der Waals surface area (Å²) in [5.74, 6) is 0.649. The first-order valence-corrected chi connectivity index (χ1v) is 5.93. The Morgan fingerprint density at radius 2 is 2.35 bits per heavy atom. The van der Waals surface area contributed by atoms with Crippen molar-refractivity contribution in [3.8, 4) is 0 Å². The number of rotatable bonds is 3. The van der Waals surface area contributed by atoms with E-state index >= 15 is 0 Å². The molecule has 0 saturated heterocycles. The Kier molecular flexibility index (Phi) is 3.61. The van der Waals surface area contributed by atoms with E-state index in [1.54, 1.807) is 13.8 Å². The van der Waals surface area contributed by atoms with Crippen molar-refractivity contribution < 1.29 is 14.1 Å². The number of ether oxygens (including phenoxy) is 1. The predicted octanol–water partition coefficient (Wildman–Crippen LogP) is 2.80. The second kappa shape index (κ2) is 5.17. The van der Waals surface area contributed by atoms with Gasteiger partial charge >= 0.3 is 5.97 Å². The molecule has 0 radical (unpaired) electrons. The number of hydrogen-bond donors (Lipinski definition) is 0. The van der Waals surface area contributed by atoms with Crippen LogP contribution in [0.25, 0.3) is 0 Å². The van der Waals surface area contributed by atoms with Gasteiger partial charge in [-0.15, -0.1) is 0 Å². The third-order valence-electron chi connectivity index (χ3n) is 3.07. The summed E-state index contributed by atoms with van der Waals surface area (Å²) in [7, 11) is 0. The summed E-state index contributed by atoms with van der Waals surface area (Å²) in [6.07, 6.45) is 7.48. The number of nitrogens with zero attached hydrogens (tertiary/aromatic N) is 1. The molecular formula is C13H17NO3. The maximum atomic E-state index is 11.8. The number of aromatic nitrogens is 1. The van der Waals surface area contributed by atoms with Crippen LogP contribution in [0.5, 0.6) is 0 Å². The van der Waals surface area contributed by atoms with E-state index in [1.807, 2.05) is 0 Å². The highest BCUT2D eigenvalue weighted by Crippen LogP contribution is 2.20. The summed E-state index contributed by atoms with van der Waals surface area (Å²) >= 11 is 0. The molecule has 0 spiro atoms. The SMILES string of the molecule is Cc1noc(C)c1C(=O)OCC1CC=CCC1.